The molecule has 1 unspecified atom stereocenters. The van der Waals surface area contributed by atoms with Crippen LogP contribution in [-0.4, -0.2) is 6.54 Å². The third-order valence-corrected chi connectivity index (χ3v) is 3.21. The number of benzene rings is 2. The Hall–Kier alpha value is -1.87. The van der Waals surface area contributed by atoms with Crippen molar-refractivity contribution in [1.82, 2.24) is 0 Å². The maximum atomic E-state index is 12.9. The van der Waals surface area contributed by atoms with Crippen molar-refractivity contribution in [3.8, 4) is 5.75 Å². The molecule has 0 saturated heterocycles. The van der Waals surface area contributed by atoms with E-state index in [4.69, 9.17) is 10.5 Å². The largest absolute Gasteiger partial charge is 0.484 e. The van der Waals surface area contributed by atoms with Gasteiger partial charge in [0.2, 0.25) is 0 Å². The topological polar surface area (TPSA) is 35.2 Å². The number of nitrogens with two attached hydrogens (primary N) is 1. The highest BCUT2D eigenvalue weighted by Crippen LogP contribution is 2.23. The summed E-state index contributed by atoms with van der Waals surface area (Å²) in [7, 11) is 0. The van der Waals surface area contributed by atoms with E-state index in [0.717, 1.165) is 11.3 Å². The van der Waals surface area contributed by atoms with Crippen LogP contribution in [0.25, 0.3) is 0 Å². The zero-order valence-corrected chi connectivity index (χ0v) is 11.2. The van der Waals surface area contributed by atoms with Crippen LogP contribution in [0.5, 0.6) is 5.75 Å². The lowest BCUT2D eigenvalue weighted by Crippen LogP contribution is -2.18. The van der Waals surface area contributed by atoms with E-state index >= 15 is 0 Å². The Balaban J connectivity index is 2.18. The standard InChI is InChI=1S/C16H18FNO/c1-11-3-8-15(9-12(11)2)19-16(10-18)13-4-6-14(17)7-5-13/h3-9,16H,10,18H2,1-2H3. The molecular formula is C16H18FNO. The van der Waals surface area contributed by atoms with Crippen LogP contribution in [0.15, 0.2) is 42.5 Å². The van der Waals surface area contributed by atoms with Crippen molar-refractivity contribution < 1.29 is 9.13 Å². The first-order chi connectivity index (χ1) is 9.10. The van der Waals surface area contributed by atoms with Crippen molar-refractivity contribution in [2.75, 3.05) is 6.54 Å². The Labute approximate surface area is 113 Å². The molecule has 0 aliphatic heterocycles. The second kappa shape index (κ2) is 5.85. The SMILES string of the molecule is Cc1ccc(OC(CN)c2ccc(F)cc2)cc1C. The smallest absolute Gasteiger partial charge is 0.136 e. The molecule has 0 amide bonds. The highest BCUT2D eigenvalue weighted by molar-refractivity contribution is 5.34. The number of hydrogen-bond donors (Lipinski definition) is 1. The molecule has 100 valence electrons. The fourth-order valence-corrected chi connectivity index (χ4v) is 1.88. The number of hydrogen-bond acceptors (Lipinski definition) is 2. The molecule has 2 aromatic carbocycles. The molecule has 3 heteroatoms. The second-order valence-electron chi connectivity index (χ2n) is 4.64. The monoisotopic (exact) mass is 259 g/mol. The molecule has 0 fully saturated rings. The van der Waals surface area contributed by atoms with Crippen LogP contribution in [0, 0.1) is 19.7 Å². The summed E-state index contributed by atoms with van der Waals surface area (Å²) in [4.78, 5) is 0. The molecule has 0 aromatic heterocycles. The van der Waals surface area contributed by atoms with Gasteiger partial charge in [-0.05, 0) is 54.8 Å². The van der Waals surface area contributed by atoms with E-state index in [9.17, 15) is 4.39 Å². The average molecular weight is 259 g/mol. The summed E-state index contributed by atoms with van der Waals surface area (Å²) in [6.07, 6.45) is -0.261. The molecular weight excluding hydrogens is 241 g/mol. The van der Waals surface area contributed by atoms with E-state index in [-0.39, 0.29) is 11.9 Å². The predicted octanol–water partition coefficient (Wildman–Crippen LogP) is 3.52. The maximum Gasteiger partial charge on any atom is 0.136 e. The Bertz CT molecular complexity index is 551. The number of rotatable bonds is 4. The predicted molar refractivity (Wildman–Crippen MR) is 74.7 cm³/mol. The summed E-state index contributed by atoms with van der Waals surface area (Å²) in [5, 5.41) is 0. The second-order valence-corrected chi connectivity index (χ2v) is 4.64. The van der Waals surface area contributed by atoms with Gasteiger partial charge in [0.25, 0.3) is 0 Å². The lowest BCUT2D eigenvalue weighted by atomic mass is 10.1. The zero-order valence-electron chi connectivity index (χ0n) is 11.2. The van der Waals surface area contributed by atoms with Gasteiger partial charge in [0.05, 0.1) is 0 Å². The molecule has 0 heterocycles. The van der Waals surface area contributed by atoms with Crippen LogP contribution >= 0.6 is 0 Å². The van der Waals surface area contributed by atoms with Gasteiger partial charge in [-0.3, -0.25) is 0 Å². The molecule has 2 N–H and O–H groups in total. The summed E-state index contributed by atoms with van der Waals surface area (Å²) >= 11 is 0. The molecule has 0 bridgehead atoms. The molecule has 2 rings (SSSR count). The lowest BCUT2D eigenvalue weighted by Gasteiger charge is -2.18. The number of halogens is 1. The molecule has 2 nitrogen and oxygen atoms in total. The van der Waals surface area contributed by atoms with E-state index in [1.54, 1.807) is 12.1 Å². The lowest BCUT2D eigenvalue weighted by molar-refractivity contribution is 0.214. The van der Waals surface area contributed by atoms with Crippen LogP contribution in [0.3, 0.4) is 0 Å². The molecule has 0 saturated carbocycles. The van der Waals surface area contributed by atoms with Gasteiger partial charge < -0.3 is 10.5 Å². The van der Waals surface area contributed by atoms with Gasteiger partial charge in [-0.1, -0.05) is 18.2 Å². The van der Waals surface area contributed by atoms with Gasteiger partial charge in [0, 0.05) is 6.54 Å². The van der Waals surface area contributed by atoms with Gasteiger partial charge in [0.1, 0.15) is 17.7 Å². The molecule has 19 heavy (non-hydrogen) atoms. The highest BCUT2D eigenvalue weighted by Gasteiger charge is 2.12. The normalized spacial score (nSPS) is 12.2. The van der Waals surface area contributed by atoms with Crippen LogP contribution in [0.1, 0.15) is 22.8 Å². The van der Waals surface area contributed by atoms with Gasteiger partial charge >= 0.3 is 0 Å². The van der Waals surface area contributed by atoms with Crippen molar-refractivity contribution in [1.29, 1.82) is 0 Å². The van der Waals surface area contributed by atoms with Crippen LogP contribution in [-0.2, 0) is 0 Å². The Morgan fingerprint density at radius 1 is 1.05 bits per heavy atom. The van der Waals surface area contributed by atoms with Crippen molar-refractivity contribution in [2.24, 2.45) is 5.73 Å². The Morgan fingerprint density at radius 2 is 1.74 bits per heavy atom. The first-order valence-corrected chi connectivity index (χ1v) is 6.29. The summed E-state index contributed by atoms with van der Waals surface area (Å²) in [6.45, 7) is 4.44. The van der Waals surface area contributed by atoms with Crippen LogP contribution < -0.4 is 10.5 Å². The minimum atomic E-state index is -0.261. The third kappa shape index (κ3) is 3.32. The number of ether oxygens (including phenoxy) is 1. The molecule has 0 radical (unpaired) electrons. The molecule has 0 spiro atoms. The van der Waals surface area contributed by atoms with E-state index in [1.165, 1.54) is 23.3 Å². The van der Waals surface area contributed by atoms with Crippen molar-refractivity contribution in [2.45, 2.75) is 20.0 Å². The van der Waals surface area contributed by atoms with Crippen LogP contribution in [0.2, 0.25) is 0 Å². The van der Waals surface area contributed by atoms with Crippen molar-refractivity contribution >= 4 is 0 Å². The molecule has 0 aliphatic carbocycles. The van der Waals surface area contributed by atoms with E-state index in [1.807, 2.05) is 25.1 Å². The Morgan fingerprint density at radius 3 is 2.32 bits per heavy atom. The van der Waals surface area contributed by atoms with Gasteiger partial charge in [-0.15, -0.1) is 0 Å². The van der Waals surface area contributed by atoms with Gasteiger partial charge in [-0.25, -0.2) is 4.39 Å². The van der Waals surface area contributed by atoms with E-state index in [2.05, 4.69) is 6.92 Å². The molecule has 0 aliphatic rings. The first-order valence-electron chi connectivity index (χ1n) is 6.29. The van der Waals surface area contributed by atoms with Gasteiger partial charge in [-0.2, -0.15) is 0 Å². The fourth-order valence-electron chi connectivity index (χ4n) is 1.88. The summed E-state index contributed by atoms with van der Waals surface area (Å²) in [5.74, 6) is 0.522. The average Bonchev–Trinajstić information content (AvgIpc) is 2.41. The fraction of sp³-hybridized carbons (Fsp3) is 0.250. The van der Waals surface area contributed by atoms with Crippen LogP contribution in [0.4, 0.5) is 4.39 Å². The van der Waals surface area contributed by atoms with Gasteiger partial charge in [0.15, 0.2) is 0 Å². The first kappa shape index (κ1) is 13.6. The zero-order chi connectivity index (χ0) is 13.8. The van der Waals surface area contributed by atoms with Crippen molar-refractivity contribution in [3.63, 3.8) is 0 Å². The van der Waals surface area contributed by atoms with E-state index < -0.39 is 0 Å². The minimum absolute atomic E-state index is 0.259. The quantitative estimate of drug-likeness (QED) is 0.911. The Kier molecular flexibility index (Phi) is 4.17. The van der Waals surface area contributed by atoms with E-state index in [0.29, 0.717) is 6.54 Å². The third-order valence-electron chi connectivity index (χ3n) is 3.21. The number of aryl methyl sites for hydroxylation is 2. The summed E-state index contributed by atoms with van der Waals surface area (Å²) in [6, 6.07) is 12.2. The summed E-state index contributed by atoms with van der Waals surface area (Å²) in [5.41, 5.74) is 9.01. The molecule has 2 aromatic rings. The maximum absolute atomic E-state index is 12.9. The minimum Gasteiger partial charge on any atom is -0.484 e. The summed E-state index contributed by atoms with van der Waals surface area (Å²) < 4.78 is 18.8. The highest BCUT2D eigenvalue weighted by atomic mass is 19.1. The molecule has 1 atom stereocenters. The van der Waals surface area contributed by atoms with Crippen molar-refractivity contribution in [3.05, 3.63) is 65.0 Å².